The summed E-state index contributed by atoms with van der Waals surface area (Å²) >= 11 is 12.5. The van der Waals surface area contributed by atoms with Gasteiger partial charge in [0.25, 0.3) is 5.91 Å². The number of nitrogens with zero attached hydrogens (tertiary/aromatic N) is 4. The SMILES string of the molecule is O=C(NCc1ccccc1Cn1ccnc1)c1cnn(-c2ccc(Cl)cc2Cl)c1C1CC1. The number of amides is 1. The molecule has 1 amide bonds. The molecule has 0 atom stereocenters. The Morgan fingerprint density at radius 1 is 1.12 bits per heavy atom. The highest BCUT2D eigenvalue weighted by Crippen LogP contribution is 2.43. The lowest BCUT2D eigenvalue weighted by Crippen LogP contribution is -2.24. The highest BCUT2D eigenvalue weighted by Gasteiger charge is 2.33. The Hall–Kier alpha value is -3.09. The predicted octanol–water partition coefficient (Wildman–Crippen LogP) is 5.23. The van der Waals surface area contributed by atoms with Crippen molar-refractivity contribution in [2.75, 3.05) is 0 Å². The van der Waals surface area contributed by atoms with Gasteiger partial charge in [0, 0.05) is 36.4 Å². The molecule has 0 spiro atoms. The van der Waals surface area contributed by atoms with E-state index in [1.54, 1.807) is 35.5 Å². The number of carbonyl (C=O) groups excluding carboxylic acids is 1. The molecule has 1 aliphatic carbocycles. The Balaban J connectivity index is 1.38. The molecule has 0 aliphatic heterocycles. The molecule has 5 rings (SSSR count). The van der Waals surface area contributed by atoms with Crippen LogP contribution in [0, 0.1) is 0 Å². The maximum absolute atomic E-state index is 13.1. The van der Waals surface area contributed by atoms with Crippen molar-refractivity contribution in [1.82, 2.24) is 24.6 Å². The van der Waals surface area contributed by atoms with Crippen molar-refractivity contribution in [1.29, 1.82) is 0 Å². The number of imidazole rings is 1. The highest BCUT2D eigenvalue weighted by molar-refractivity contribution is 6.35. The number of nitrogens with one attached hydrogen (secondary N) is 1. The molecule has 2 heterocycles. The zero-order chi connectivity index (χ0) is 22.1. The van der Waals surface area contributed by atoms with E-state index in [0.717, 1.165) is 35.3 Å². The zero-order valence-corrected chi connectivity index (χ0v) is 18.7. The van der Waals surface area contributed by atoms with Crippen LogP contribution < -0.4 is 5.32 Å². The summed E-state index contributed by atoms with van der Waals surface area (Å²) in [4.78, 5) is 17.2. The Morgan fingerprint density at radius 2 is 1.94 bits per heavy atom. The second-order valence-electron chi connectivity index (χ2n) is 7.91. The van der Waals surface area contributed by atoms with Gasteiger partial charge in [-0.25, -0.2) is 9.67 Å². The Labute approximate surface area is 195 Å². The van der Waals surface area contributed by atoms with Gasteiger partial charge in [0.1, 0.15) is 0 Å². The minimum Gasteiger partial charge on any atom is -0.348 e. The molecule has 6 nitrogen and oxygen atoms in total. The molecule has 1 aliphatic rings. The van der Waals surface area contributed by atoms with Gasteiger partial charge in [0.2, 0.25) is 0 Å². The molecule has 1 fully saturated rings. The van der Waals surface area contributed by atoms with Crippen molar-refractivity contribution in [3.05, 3.63) is 99.8 Å². The van der Waals surface area contributed by atoms with E-state index in [1.807, 2.05) is 35.0 Å². The fraction of sp³-hybridized carbons (Fsp3) is 0.208. The molecule has 2 aromatic carbocycles. The molecule has 0 radical (unpaired) electrons. The topological polar surface area (TPSA) is 64.7 Å². The highest BCUT2D eigenvalue weighted by atomic mass is 35.5. The first-order valence-corrected chi connectivity index (χ1v) is 11.2. The van der Waals surface area contributed by atoms with E-state index in [1.165, 1.54) is 0 Å². The Bertz CT molecular complexity index is 1260. The molecular formula is C24H21Cl2N5O. The number of hydrogen-bond acceptors (Lipinski definition) is 3. The molecule has 8 heteroatoms. The summed E-state index contributed by atoms with van der Waals surface area (Å²) in [5.41, 5.74) is 4.42. The summed E-state index contributed by atoms with van der Waals surface area (Å²) in [5.74, 6) is 0.166. The van der Waals surface area contributed by atoms with Crippen LogP contribution in [0.5, 0.6) is 0 Å². The lowest BCUT2D eigenvalue weighted by atomic mass is 10.1. The third kappa shape index (κ3) is 4.29. The van der Waals surface area contributed by atoms with Crippen LogP contribution in [0.15, 0.2) is 67.4 Å². The van der Waals surface area contributed by atoms with Gasteiger partial charge in [-0.05, 0) is 42.2 Å². The second kappa shape index (κ2) is 8.81. The molecule has 4 aromatic rings. The average molecular weight is 466 g/mol. The molecule has 0 saturated heterocycles. The van der Waals surface area contributed by atoms with Gasteiger partial charge >= 0.3 is 0 Å². The van der Waals surface area contributed by atoms with Crippen LogP contribution in [0.4, 0.5) is 0 Å². The second-order valence-corrected chi connectivity index (χ2v) is 8.76. The summed E-state index contributed by atoms with van der Waals surface area (Å²) in [7, 11) is 0. The van der Waals surface area contributed by atoms with Crippen molar-refractivity contribution in [2.45, 2.75) is 31.8 Å². The van der Waals surface area contributed by atoms with Crippen molar-refractivity contribution < 1.29 is 4.79 Å². The van der Waals surface area contributed by atoms with E-state index >= 15 is 0 Å². The number of rotatable bonds is 7. The number of hydrogen-bond donors (Lipinski definition) is 1. The van der Waals surface area contributed by atoms with E-state index in [4.69, 9.17) is 23.2 Å². The predicted molar refractivity (Wildman–Crippen MR) is 125 cm³/mol. The number of benzene rings is 2. The zero-order valence-electron chi connectivity index (χ0n) is 17.2. The van der Waals surface area contributed by atoms with Crippen molar-refractivity contribution in [3.8, 4) is 5.69 Å². The van der Waals surface area contributed by atoms with Crippen molar-refractivity contribution in [3.63, 3.8) is 0 Å². The molecule has 32 heavy (non-hydrogen) atoms. The summed E-state index contributed by atoms with van der Waals surface area (Å²) in [6.07, 6.45) is 9.16. The van der Waals surface area contributed by atoms with Crippen LogP contribution in [0.25, 0.3) is 5.69 Å². The van der Waals surface area contributed by atoms with Gasteiger partial charge < -0.3 is 9.88 Å². The molecule has 1 N–H and O–H groups in total. The lowest BCUT2D eigenvalue weighted by Gasteiger charge is -2.13. The fourth-order valence-corrected chi connectivity index (χ4v) is 4.35. The molecule has 2 aromatic heterocycles. The van der Waals surface area contributed by atoms with Crippen LogP contribution in [0.3, 0.4) is 0 Å². The van der Waals surface area contributed by atoms with E-state index < -0.39 is 0 Å². The Kier molecular flexibility index (Phi) is 5.72. The standard InChI is InChI=1S/C24H21Cl2N5O/c25-19-7-8-22(21(26)11-19)31-23(16-5-6-16)20(13-29-31)24(32)28-12-17-3-1-2-4-18(17)14-30-10-9-27-15-30/h1-4,7-11,13,15-16H,5-6,12,14H2,(H,28,32). The average Bonchev–Trinajstić information content (AvgIpc) is 3.31. The smallest absolute Gasteiger partial charge is 0.255 e. The monoisotopic (exact) mass is 465 g/mol. The third-order valence-corrected chi connectivity index (χ3v) is 6.16. The van der Waals surface area contributed by atoms with Crippen LogP contribution in [-0.4, -0.2) is 25.2 Å². The number of aromatic nitrogens is 4. The van der Waals surface area contributed by atoms with Crippen LogP contribution in [0.1, 0.15) is 45.9 Å². The van der Waals surface area contributed by atoms with Crippen LogP contribution in [-0.2, 0) is 13.1 Å². The largest absolute Gasteiger partial charge is 0.348 e. The van der Waals surface area contributed by atoms with Gasteiger partial charge in [0.05, 0.1) is 34.5 Å². The van der Waals surface area contributed by atoms with Gasteiger partial charge in [-0.15, -0.1) is 0 Å². The molecule has 0 bridgehead atoms. The number of halogens is 2. The molecule has 0 unspecified atom stereocenters. The molecular weight excluding hydrogens is 445 g/mol. The molecule has 162 valence electrons. The quantitative estimate of drug-likeness (QED) is 0.406. The summed E-state index contributed by atoms with van der Waals surface area (Å²) < 4.78 is 3.78. The van der Waals surface area contributed by atoms with E-state index in [9.17, 15) is 4.79 Å². The van der Waals surface area contributed by atoms with E-state index in [2.05, 4.69) is 21.5 Å². The minimum atomic E-state index is -0.138. The lowest BCUT2D eigenvalue weighted by molar-refractivity contribution is 0.0950. The fourth-order valence-electron chi connectivity index (χ4n) is 3.86. The summed E-state index contributed by atoms with van der Waals surface area (Å²) in [5, 5.41) is 8.64. The van der Waals surface area contributed by atoms with Crippen LogP contribution in [0.2, 0.25) is 10.0 Å². The van der Waals surface area contributed by atoms with Crippen LogP contribution >= 0.6 is 23.2 Å². The van der Waals surface area contributed by atoms with Gasteiger partial charge in [-0.3, -0.25) is 4.79 Å². The van der Waals surface area contributed by atoms with Gasteiger partial charge in [-0.1, -0.05) is 47.5 Å². The summed E-state index contributed by atoms with van der Waals surface area (Å²) in [6.45, 7) is 1.13. The third-order valence-electron chi connectivity index (χ3n) is 5.62. The summed E-state index contributed by atoms with van der Waals surface area (Å²) in [6, 6.07) is 13.4. The maximum Gasteiger partial charge on any atom is 0.255 e. The first-order chi connectivity index (χ1) is 15.6. The maximum atomic E-state index is 13.1. The van der Waals surface area contributed by atoms with E-state index in [-0.39, 0.29) is 5.91 Å². The van der Waals surface area contributed by atoms with Crippen molar-refractivity contribution >= 4 is 29.1 Å². The normalized spacial score (nSPS) is 13.3. The minimum absolute atomic E-state index is 0.138. The van der Waals surface area contributed by atoms with E-state index in [0.29, 0.717) is 34.6 Å². The first kappa shape index (κ1) is 20.8. The van der Waals surface area contributed by atoms with Crippen molar-refractivity contribution in [2.24, 2.45) is 0 Å². The molecule has 1 saturated carbocycles. The number of carbonyl (C=O) groups is 1. The first-order valence-electron chi connectivity index (χ1n) is 10.4. The van der Waals surface area contributed by atoms with Gasteiger partial charge in [0.15, 0.2) is 0 Å². The van der Waals surface area contributed by atoms with Gasteiger partial charge in [-0.2, -0.15) is 5.10 Å². The Morgan fingerprint density at radius 3 is 2.66 bits per heavy atom.